The van der Waals surface area contributed by atoms with E-state index in [0.29, 0.717) is 5.52 Å². The van der Waals surface area contributed by atoms with Gasteiger partial charge in [-0.05, 0) is 31.4 Å². The van der Waals surface area contributed by atoms with Gasteiger partial charge in [0, 0.05) is 23.3 Å². The second-order valence-electron chi connectivity index (χ2n) is 5.20. The molecule has 0 aliphatic heterocycles. The molecule has 2 rings (SSSR count). The summed E-state index contributed by atoms with van der Waals surface area (Å²) in [7, 11) is 0. The third-order valence-electron chi connectivity index (χ3n) is 3.35. The lowest BCUT2D eigenvalue weighted by Gasteiger charge is -2.20. The molecule has 0 aliphatic carbocycles. The van der Waals surface area contributed by atoms with E-state index < -0.39 is 6.61 Å². The molecule has 0 radical (unpaired) electrons. The zero-order valence-electron chi connectivity index (χ0n) is 12.7. The standard InChI is InChI=1S/C16H20F2N2O/c1-5-19-15-11-7-6-8-12(21-16(17)18)14(11)20-10(4)13(15)9(2)3/h6-9,16H,5H2,1-4H3,(H,19,20). The topological polar surface area (TPSA) is 34.2 Å². The van der Waals surface area contributed by atoms with Crippen molar-refractivity contribution in [3.8, 4) is 5.75 Å². The maximum Gasteiger partial charge on any atom is 0.387 e. The minimum Gasteiger partial charge on any atom is -0.432 e. The number of ether oxygens (including phenoxy) is 1. The molecule has 0 aliphatic rings. The first-order valence-corrected chi connectivity index (χ1v) is 7.07. The summed E-state index contributed by atoms with van der Waals surface area (Å²) < 4.78 is 29.7. The third kappa shape index (κ3) is 3.06. The predicted octanol–water partition coefficient (Wildman–Crippen LogP) is 4.70. The molecule has 0 unspecified atom stereocenters. The van der Waals surface area contributed by atoms with Crippen LogP contribution >= 0.6 is 0 Å². The van der Waals surface area contributed by atoms with Gasteiger partial charge >= 0.3 is 6.61 Å². The first-order valence-electron chi connectivity index (χ1n) is 7.07. The molecule has 1 aromatic heterocycles. The molecule has 0 atom stereocenters. The molecule has 1 N–H and O–H groups in total. The van der Waals surface area contributed by atoms with E-state index in [4.69, 9.17) is 0 Å². The van der Waals surface area contributed by atoms with Crippen LogP contribution < -0.4 is 10.1 Å². The van der Waals surface area contributed by atoms with E-state index in [1.54, 1.807) is 6.07 Å². The number of hydrogen-bond donors (Lipinski definition) is 1. The fraction of sp³-hybridized carbons (Fsp3) is 0.438. The Morgan fingerprint density at radius 3 is 2.57 bits per heavy atom. The van der Waals surface area contributed by atoms with Crippen molar-refractivity contribution < 1.29 is 13.5 Å². The number of hydrogen-bond acceptors (Lipinski definition) is 3. The fourth-order valence-corrected chi connectivity index (χ4v) is 2.66. The van der Waals surface area contributed by atoms with Crippen LogP contribution in [0.1, 0.15) is 37.9 Å². The number of anilines is 1. The van der Waals surface area contributed by atoms with Crippen LogP contribution in [0.4, 0.5) is 14.5 Å². The number of aromatic nitrogens is 1. The molecule has 1 aromatic carbocycles. The van der Waals surface area contributed by atoms with E-state index >= 15 is 0 Å². The van der Waals surface area contributed by atoms with Crippen LogP contribution in [0.3, 0.4) is 0 Å². The Morgan fingerprint density at radius 1 is 1.29 bits per heavy atom. The molecule has 0 amide bonds. The molecular weight excluding hydrogens is 274 g/mol. The summed E-state index contributed by atoms with van der Waals surface area (Å²) in [6.45, 7) is 5.98. The minimum absolute atomic E-state index is 0.111. The first kappa shape index (κ1) is 15.5. The van der Waals surface area contributed by atoms with E-state index in [0.717, 1.165) is 28.9 Å². The smallest absolute Gasteiger partial charge is 0.387 e. The highest BCUT2D eigenvalue weighted by Crippen LogP contribution is 2.37. The van der Waals surface area contributed by atoms with Gasteiger partial charge in [0.05, 0.1) is 0 Å². The Bertz CT molecular complexity index is 642. The van der Waals surface area contributed by atoms with Gasteiger partial charge in [0.1, 0.15) is 5.52 Å². The Hall–Kier alpha value is -1.91. The zero-order valence-corrected chi connectivity index (χ0v) is 12.7. The molecular formula is C16H20F2N2O. The third-order valence-corrected chi connectivity index (χ3v) is 3.35. The minimum atomic E-state index is -2.86. The highest BCUT2D eigenvalue weighted by molar-refractivity contribution is 5.97. The van der Waals surface area contributed by atoms with Gasteiger partial charge in [-0.15, -0.1) is 0 Å². The van der Waals surface area contributed by atoms with Crippen molar-refractivity contribution in [2.45, 2.75) is 40.2 Å². The quantitative estimate of drug-likeness (QED) is 0.868. The van der Waals surface area contributed by atoms with Gasteiger partial charge in [-0.25, -0.2) is 4.98 Å². The van der Waals surface area contributed by atoms with Gasteiger partial charge < -0.3 is 10.1 Å². The summed E-state index contributed by atoms with van der Waals surface area (Å²) in [6.07, 6.45) is 0. The molecule has 3 nitrogen and oxygen atoms in total. The van der Waals surface area contributed by atoms with Gasteiger partial charge in [0.15, 0.2) is 5.75 Å². The number of nitrogens with one attached hydrogen (secondary N) is 1. The van der Waals surface area contributed by atoms with Crippen LogP contribution in [0, 0.1) is 6.92 Å². The lowest BCUT2D eigenvalue weighted by molar-refractivity contribution is -0.0489. The van der Waals surface area contributed by atoms with Crippen LogP contribution in [0.2, 0.25) is 0 Å². The van der Waals surface area contributed by atoms with Gasteiger partial charge in [-0.1, -0.05) is 26.0 Å². The van der Waals surface area contributed by atoms with Crippen LogP contribution in [0.15, 0.2) is 18.2 Å². The van der Waals surface area contributed by atoms with Crippen molar-refractivity contribution in [3.05, 3.63) is 29.5 Å². The second kappa shape index (κ2) is 6.24. The molecule has 0 saturated heterocycles. The van der Waals surface area contributed by atoms with Gasteiger partial charge in [0.25, 0.3) is 0 Å². The largest absolute Gasteiger partial charge is 0.432 e. The first-order chi connectivity index (χ1) is 9.95. The van der Waals surface area contributed by atoms with Crippen LogP contribution in [0.5, 0.6) is 5.75 Å². The predicted molar refractivity (Wildman–Crippen MR) is 81.4 cm³/mol. The number of pyridine rings is 1. The fourth-order valence-electron chi connectivity index (χ4n) is 2.66. The monoisotopic (exact) mass is 294 g/mol. The van der Waals surface area contributed by atoms with Gasteiger partial charge in [-0.2, -0.15) is 8.78 Å². The number of para-hydroxylation sites is 1. The molecule has 1 heterocycles. The summed E-state index contributed by atoms with van der Waals surface area (Å²) in [5, 5.41) is 4.15. The van der Waals surface area contributed by atoms with E-state index in [2.05, 4.69) is 28.9 Å². The number of halogens is 2. The molecule has 0 saturated carbocycles. The van der Waals surface area contributed by atoms with Crippen molar-refractivity contribution in [1.82, 2.24) is 4.98 Å². The number of alkyl halides is 2. The van der Waals surface area contributed by atoms with Crippen molar-refractivity contribution >= 4 is 16.6 Å². The Morgan fingerprint density at radius 2 is 2.00 bits per heavy atom. The summed E-state index contributed by atoms with van der Waals surface area (Å²) in [6, 6.07) is 5.11. The molecule has 114 valence electrons. The van der Waals surface area contributed by atoms with Crippen LogP contribution in [0.25, 0.3) is 10.9 Å². The molecule has 5 heteroatoms. The van der Waals surface area contributed by atoms with Gasteiger partial charge in [0.2, 0.25) is 0 Å². The lowest BCUT2D eigenvalue weighted by atomic mass is 9.96. The summed E-state index contributed by atoms with van der Waals surface area (Å²) in [5.41, 5.74) is 3.36. The number of rotatable bonds is 5. The van der Waals surface area contributed by atoms with E-state index in [1.165, 1.54) is 6.07 Å². The van der Waals surface area contributed by atoms with E-state index in [9.17, 15) is 8.78 Å². The number of nitrogens with zero attached hydrogens (tertiary/aromatic N) is 1. The molecule has 0 bridgehead atoms. The zero-order chi connectivity index (χ0) is 15.6. The average molecular weight is 294 g/mol. The SMILES string of the molecule is CCNc1c(C(C)C)c(C)nc2c(OC(F)F)cccc12. The lowest BCUT2D eigenvalue weighted by Crippen LogP contribution is -2.08. The highest BCUT2D eigenvalue weighted by atomic mass is 19.3. The Kier molecular flexibility index (Phi) is 4.60. The van der Waals surface area contributed by atoms with Crippen molar-refractivity contribution in [3.63, 3.8) is 0 Å². The van der Waals surface area contributed by atoms with E-state index in [1.807, 2.05) is 19.9 Å². The number of benzene rings is 1. The molecule has 2 aromatic rings. The molecule has 0 fully saturated rings. The van der Waals surface area contributed by atoms with Crippen molar-refractivity contribution in [1.29, 1.82) is 0 Å². The van der Waals surface area contributed by atoms with Crippen LogP contribution in [-0.2, 0) is 0 Å². The second-order valence-corrected chi connectivity index (χ2v) is 5.20. The van der Waals surface area contributed by atoms with Crippen LogP contribution in [-0.4, -0.2) is 18.1 Å². The molecule has 21 heavy (non-hydrogen) atoms. The summed E-state index contributed by atoms with van der Waals surface area (Å²) >= 11 is 0. The Labute approximate surface area is 123 Å². The maximum atomic E-state index is 12.5. The maximum absolute atomic E-state index is 12.5. The molecule has 0 spiro atoms. The number of aryl methyl sites for hydroxylation is 1. The number of fused-ring (bicyclic) bond motifs is 1. The summed E-state index contributed by atoms with van der Waals surface area (Å²) in [5.74, 6) is 0.399. The van der Waals surface area contributed by atoms with E-state index in [-0.39, 0.29) is 11.7 Å². The van der Waals surface area contributed by atoms with Crippen molar-refractivity contribution in [2.24, 2.45) is 0 Å². The summed E-state index contributed by atoms with van der Waals surface area (Å²) in [4.78, 5) is 4.49. The average Bonchev–Trinajstić information content (AvgIpc) is 2.39. The normalized spacial score (nSPS) is 11.4. The Balaban J connectivity index is 2.75. The highest BCUT2D eigenvalue weighted by Gasteiger charge is 2.18. The van der Waals surface area contributed by atoms with Gasteiger partial charge in [-0.3, -0.25) is 0 Å². The van der Waals surface area contributed by atoms with Crippen molar-refractivity contribution in [2.75, 3.05) is 11.9 Å².